The Labute approximate surface area is 190 Å². The predicted molar refractivity (Wildman–Crippen MR) is 123 cm³/mol. The first-order valence-corrected chi connectivity index (χ1v) is 12.8. The van der Waals surface area contributed by atoms with Crippen LogP contribution in [0.5, 0.6) is 0 Å². The van der Waals surface area contributed by atoms with Crippen molar-refractivity contribution in [3.05, 3.63) is 81.6 Å². The lowest BCUT2D eigenvalue weighted by atomic mass is 9.84. The van der Waals surface area contributed by atoms with Crippen LogP contribution in [0.15, 0.2) is 69.0 Å². The molecular formula is C23H23N3O4S2. The summed E-state index contributed by atoms with van der Waals surface area (Å²) in [6, 6.07) is 16.2. The Morgan fingerprint density at radius 2 is 1.84 bits per heavy atom. The molecule has 5 rings (SSSR count). The van der Waals surface area contributed by atoms with Crippen molar-refractivity contribution in [3.8, 4) is 0 Å². The SMILES string of the molecule is O=C(Cc1ccccc1)Nc1ccc2n(c1=O)C[C@@H]1C[C@@H]2CN(S(=O)(=O)c2cccs2)C1. The van der Waals surface area contributed by atoms with Crippen molar-refractivity contribution in [1.29, 1.82) is 0 Å². The number of nitrogens with one attached hydrogen (secondary N) is 1. The van der Waals surface area contributed by atoms with Crippen LogP contribution in [0.3, 0.4) is 0 Å². The van der Waals surface area contributed by atoms with Gasteiger partial charge in [-0.25, -0.2) is 8.42 Å². The summed E-state index contributed by atoms with van der Waals surface area (Å²) >= 11 is 1.22. The van der Waals surface area contributed by atoms with Gasteiger partial charge >= 0.3 is 0 Å². The van der Waals surface area contributed by atoms with E-state index in [1.165, 1.54) is 11.3 Å². The van der Waals surface area contributed by atoms with E-state index in [0.717, 1.165) is 17.7 Å². The molecule has 2 aliphatic rings. The lowest BCUT2D eigenvalue weighted by molar-refractivity contribution is -0.115. The van der Waals surface area contributed by atoms with Crippen molar-refractivity contribution in [2.45, 2.75) is 29.5 Å². The number of hydrogen-bond acceptors (Lipinski definition) is 5. The Bertz CT molecular complexity index is 1300. The lowest BCUT2D eigenvalue weighted by Crippen LogP contribution is -2.49. The van der Waals surface area contributed by atoms with E-state index in [4.69, 9.17) is 0 Å². The summed E-state index contributed by atoms with van der Waals surface area (Å²) < 4.78 is 29.6. The molecule has 0 radical (unpaired) electrons. The summed E-state index contributed by atoms with van der Waals surface area (Å²) in [7, 11) is -3.52. The van der Waals surface area contributed by atoms with Crippen LogP contribution < -0.4 is 10.9 Å². The van der Waals surface area contributed by atoms with Crippen molar-refractivity contribution in [2.75, 3.05) is 18.4 Å². The summed E-state index contributed by atoms with van der Waals surface area (Å²) in [5.41, 5.74) is 1.74. The van der Waals surface area contributed by atoms with E-state index in [2.05, 4.69) is 5.32 Å². The molecular weight excluding hydrogens is 446 g/mol. The van der Waals surface area contributed by atoms with Gasteiger partial charge in [-0.1, -0.05) is 36.4 Å². The zero-order chi connectivity index (χ0) is 22.3. The fourth-order valence-corrected chi connectivity index (χ4v) is 7.41. The largest absolute Gasteiger partial charge is 0.321 e. The van der Waals surface area contributed by atoms with Crippen LogP contribution >= 0.6 is 11.3 Å². The average Bonchev–Trinajstić information content (AvgIpc) is 3.32. The minimum Gasteiger partial charge on any atom is -0.321 e. The van der Waals surface area contributed by atoms with Gasteiger partial charge < -0.3 is 9.88 Å². The molecule has 0 spiro atoms. The topological polar surface area (TPSA) is 88.5 Å². The van der Waals surface area contributed by atoms with E-state index < -0.39 is 10.0 Å². The molecule has 2 bridgehead atoms. The fraction of sp³-hybridized carbons (Fsp3) is 0.304. The molecule has 0 saturated carbocycles. The van der Waals surface area contributed by atoms with Gasteiger partial charge in [0.25, 0.3) is 15.6 Å². The molecule has 0 aliphatic carbocycles. The molecule has 9 heteroatoms. The average molecular weight is 470 g/mol. The van der Waals surface area contributed by atoms with Crippen molar-refractivity contribution in [3.63, 3.8) is 0 Å². The first kappa shape index (κ1) is 21.1. The Hall–Kier alpha value is -2.75. The highest BCUT2D eigenvalue weighted by molar-refractivity contribution is 7.91. The maximum absolute atomic E-state index is 13.1. The number of fused-ring (bicyclic) bond motifs is 4. The quantitative estimate of drug-likeness (QED) is 0.622. The smallest absolute Gasteiger partial charge is 0.274 e. The number of benzene rings is 1. The number of carbonyl (C=O) groups excluding carboxylic acids is 1. The van der Waals surface area contributed by atoms with E-state index in [9.17, 15) is 18.0 Å². The second kappa shape index (κ2) is 8.31. The van der Waals surface area contributed by atoms with E-state index in [1.807, 2.05) is 36.4 Å². The number of thiophene rings is 1. The minimum atomic E-state index is -3.52. The van der Waals surface area contributed by atoms with Crippen LogP contribution in [0.25, 0.3) is 0 Å². The number of nitrogens with zero attached hydrogens (tertiary/aromatic N) is 2. The molecule has 32 heavy (non-hydrogen) atoms. The zero-order valence-electron chi connectivity index (χ0n) is 17.3. The van der Waals surface area contributed by atoms with Crippen LogP contribution in [-0.4, -0.2) is 36.3 Å². The van der Waals surface area contributed by atoms with Crippen LogP contribution in [0.4, 0.5) is 5.69 Å². The first-order valence-electron chi connectivity index (χ1n) is 10.5. The Morgan fingerprint density at radius 3 is 2.59 bits per heavy atom. The maximum atomic E-state index is 13.1. The molecule has 1 aromatic carbocycles. The molecule has 1 amide bonds. The fourth-order valence-electron chi connectivity index (χ4n) is 4.71. The highest BCUT2D eigenvalue weighted by Crippen LogP contribution is 2.38. The normalized spacial score (nSPS) is 20.5. The molecule has 2 aliphatic heterocycles. The highest BCUT2D eigenvalue weighted by Gasteiger charge is 2.40. The summed E-state index contributed by atoms with van der Waals surface area (Å²) in [6.45, 7) is 1.20. The van der Waals surface area contributed by atoms with Gasteiger partial charge in [-0.2, -0.15) is 4.31 Å². The van der Waals surface area contributed by atoms with E-state index in [-0.39, 0.29) is 35.4 Å². The molecule has 1 N–H and O–H groups in total. The monoisotopic (exact) mass is 469 g/mol. The third-order valence-electron chi connectivity index (χ3n) is 6.14. The van der Waals surface area contributed by atoms with Gasteiger partial charge in [0.15, 0.2) is 0 Å². The standard InChI is InChI=1S/C23H23N3O4S2/c27-21(12-16-5-2-1-3-6-16)24-19-8-9-20-18-11-17(14-26(20)23(19)28)13-25(15-18)32(29,30)22-7-4-10-31-22/h1-10,17-18H,11-15H2,(H,24,27)/t17-,18-/m1/s1. The number of pyridine rings is 1. The van der Waals surface area contributed by atoms with Crippen molar-refractivity contribution < 1.29 is 13.2 Å². The second-order valence-corrected chi connectivity index (χ2v) is 11.5. The Balaban J connectivity index is 1.37. The third kappa shape index (κ3) is 3.92. The molecule has 0 unspecified atom stereocenters. The first-order chi connectivity index (χ1) is 15.4. The Kier molecular flexibility index (Phi) is 5.48. The number of rotatable bonds is 5. The van der Waals surface area contributed by atoms with Crippen LogP contribution in [-0.2, 0) is 27.8 Å². The predicted octanol–water partition coefficient (Wildman–Crippen LogP) is 2.90. The number of sulfonamides is 1. The number of aromatic nitrogens is 1. The van der Waals surface area contributed by atoms with E-state index in [1.54, 1.807) is 32.5 Å². The zero-order valence-corrected chi connectivity index (χ0v) is 18.9. The van der Waals surface area contributed by atoms with Gasteiger partial charge in [0.1, 0.15) is 9.90 Å². The molecule has 3 aromatic rings. The summed E-state index contributed by atoms with van der Waals surface area (Å²) in [6.07, 6.45) is 1.05. The number of carbonyl (C=O) groups is 1. The number of piperidine rings is 1. The molecule has 1 fully saturated rings. The minimum absolute atomic E-state index is 0.0426. The second-order valence-electron chi connectivity index (χ2n) is 8.35. The van der Waals surface area contributed by atoms with E-state index in [0.29, 0.717) is 23.8 Å². The maximum Gasteiger partial charge on any atom is 0.274 e. The molecule has 166 valence electrons. The molecule has 2 aromatic heterocycles. The summed E-state index contributed by atoms with van der Waals surface area (Å²) in [5, 5.41) is 4.51. The number of hydrogen-bond donors (Lipinski definition) is 1. The lowest BCUT2D eigenvalue weighted by Gasteiger charge is -2.42. The van der Waals surface area contributed by atoms with Gasteiger partial charge in [0.2, 0.25) is 5.91 Å². The summed E-state index contributed by atoms with van der Waals surface area (Å²) in [5.74, 6) is -0.221. The van der Waals surface area contributed by atoms with Gasteiger partial charge in [-0.05, 0) is 41.5 Å². The van der Waals surface area contributed by atoms with Crippen molar-refractivity contribution >= 4 is 33.0 Å². The molecule has 7 nitrogen and oxygen atoms in total. The van der Waals surface area contributed by atoms with Gasteiger partial charge in [-0.15, -0.1) is 11.3 Å². The van der Waals surface area contributed by atoms with Gasteiger partial charge in [0, 0.05) is 31.2 Å². The highest BCUT2D eigenvalue weighted by atomic mass is 32.2. The summed E-state index contributed by atoms with van der Waals surface area (Å²) in [4.78, 5) is 25.5. The van der Waals surface area contributed by atoms with Crippen LogP contribution in [0.1, 0.15) is 23.6 Å². The van der Waals surface area contributed by atoms with Crippen LogP contribution in [0.2, 0.25) is 0 Å². The number of amides is 1. The van der Waals surface area contributed by atoms with E-state index >= 15 is 0 Å². The Morgan fingerprint density at radius 1 is 1.03 bits per heavy atom. The van der Waals surface area contributed by atoms with Gasteiger partial charge in [0.05, 0.1) is 6.42 Å². The van der Waals surface area contributed by atoms with Crippen molar-refractivity contribution in [2.24, 2.45) is 5.92 Å². The molecule has 4 heterocycles. The van der Waals surface area contributed by atoms with Gasteiger partial charge in [-0.3, -0.25) is 9.59 Å². The van der Waals surface area contributed by atoms with Crippen molar-refractivity contribution in [1.82, 2.24) is 8.87 Å². The number of anilines is 1. The molecule has 1 saturated heterocycles. The molecule has 2 atom stereocenters. The third-order valence-corrected chi connectivity index (χ3v) is 9.35. The van der Waals surface area contributed by atoms with Crippen LogP contribution in [0, 0.1) is 5.92 Å².